The van der Waals surface area contributed by atoms with Gasteiger partial charge >= 0.3 is 0 Å². The van der Waals surface area contributed by atoms with E-state index in [4.69, 9.17) is 5.84 Å². The first-order valence-corrected chi connectivity index (χ1v) is 6.60. The van der Waals surface area contributed by atoms with Gasteiger partial charge in [0.05, 0.1) is 11.7 Å². The molecule has 0 saturated heterocycles. The van der Waals surface area contributed by atoms with Gasteiger partial charge in [-0.15, -0.1) is 0 Å². The predicted octanol–water partition coefficient (Wildman–Crippen LogP) is 2.24. The highest BCUT2D eigenvalue weighted by Crippen LogP contribution is 2.24. The number of nitrogens with zero attached hydrogens (tertiary/aromatic N) is 2. The maximum atomic E-state index is 5.68. The van der Waals surface area contributed by atoms with Crippen LogP contribution < -0.4 is 11.3 Å². The molecule has 1 unspecified atom stereocenters. The second kappa shape index (κ2) is 5.65. The molecule has 0 spiro atoms. The normalized spacial score (nSPS) is 12.7. The number of nitrogens with one attached hydrogen (secondary N) is 1. The first-order chi connectivity index (χ1) is 8.61. The molecule has 3 N–H and O–H groups in total. The summed E-state index contributed by atoms with van der Waals surface area (Å²) >= 11 is 3.56. The number of rotatable bonds is 4. The van der Waals surface area contributed by atoms with Gasteiger partial charge in [0.1, 0.15) is 0 Å². The molecule has 1 aromatic carbocycles. The van der Waals surface area contributed by atoms with E-state index in [0.717, 1.165) is 22.2 Å². The number of nitrogens with two attached hydrogens (primary N) is 1. The van der Waals surface area contributed by atoms with Gasteiger partial charge in [-0.2, -0.15) is 5.10 Å². The molecule has 0 aliphatic heterocycles. The number of hydrazine groups is 1. The summed E-state index contributed by atoms with van der Waals surface area (Å²) in [5.41, 5.74) is 6.24. The number of aryl methyl sites for hydroxylation is 2. The summed E-state index contributed by atoms with van der Waals surface area (Å²) in [6, 6.07) is 8.24. The van der Waals surface area contributed by atoms with Gasteiger partial charge in [-0.05, 0) is 25.0 Å². The van der Waals surface area contributed by atoms with Crippen molar-refractivity contribution in [2.75, 3.05) is 0 Å². The van der Waals surface area contributed by atoms with E-state index in [9.17, 15) is 0 Å². The number of benzene rings is 1. The Balaban J connectivity index is 2.25. The Bertz CT molecular complexity index is 536. The van der Waals surface area contributed by atoms with Crippen LogP contribution in [0.2, 0.25) is 0 Å². The van der Waals surface area contributed by atoms with E-state index in [1.54, 1.807) is 0 Å². The zero-order chi connectivity index (χ0) is 13.1. The number of hydrogen-bond acceptors (Lipinski definition) is 3. The van der Waals surface area contributed by atoms with Gasteiger partial charge in [-0.1, -0.05) is 34.1 Å². The van der Waals surface area contributed by atoms with Gasteiger partial charge in [-0.3, -0.25) is 16.0 Å². The molecule has 18 heavy (non-hydrogen) atoms. The Labute approximate surface area is 115 Å². The van der Waals surface area contributed by atoms with Crippen LogP contribution in [0.4, 0.5) is 0 Å². The molecule has 4 nitrogen and oxygen atoms in total. The van der Waals surface area contributed by atoms with E-state index < -0.39 is 0 Å². The topological polar surface area (TPSA) is 55.9 Å². The van der Waals surface area contributed by atoms with Crippen LogP contribution in [-0.4, -0.2) is 9.78 Å². The third kappa shape index (κ3) is 2.80. The fourth-order valence-electron chi connectivity index (χ4n) is 2.10. The number of aromatic nitrogens is 2. The summed E-state index contributed by atoms with van der Waals surface area (Å²) < 4.78 is 2.92. The fraction of sp³-hybridized carbons (Fsp3) is 0.308. The summed E-state index contributed by atoms with van der Waals surface area (Å²) in [4.78, 5) is 0. The summed E-state index contributed by atoms with van der Waals surface area (Å²) in [7, 11) is 1.92. The first kappa shape index (κ1) is 13.3. The lowest BCUT2D eigenvalue weighted by Crippen LogP contribution is -2.29. The third-order valence-electron chi connectivity index (χ3n) is 3.01. The van der Waals surface area contributed by atoms with Crippen LogP contribution >= 0.6 is 15.9 Å². The molecule has 0 radical (unpaired) electrons. The summed E-state index contributed by atoms with van der Waals surface area (Å²) in [6.07, 6.45) is 2.83. The maximum absolute atomic E-state index is 5.68. The predicted molar refractivity (Wildman–Crippen MR) is 75.9 cm³/mol. The van der Waals surface area contributed by atoms with Gasteiger partial charge in [0.15, 0.2) is 0 Å². The fourth-order valence-corrected chi connectivity index (χ4v) is 2.55. The van der Waals surface area contributed by atoms with E-state index in [2.05, 4.69) is 32.5 Å². The van der Waals surface area contributed by atoms with E-state index >= 15 is 0 Å². The second-order valence-electron chi connectivity index (χ2n) is 4.36. The summed E-state index contributed by atoms with van der Waals surface area (Å²) in [5, 5.41) is 4.35. The van der Waals surface area contributed by atoms with Crippen LogP contribution in [0.1, 0.15) is 22.9 Å². The molecule has 0 saturated carbocycles. The van der Waals surface area contributed by atoms with Crippen LogP contribution in [0, 0.1) is 6.92 Å². The molecule has 0 aliphatic carbocycles. The lowest BCUT2D eigenvalue weighted by atomic mass is 10.0. The molecule has 1 atom stereocenters. The zero-order valence-electron chi connectivity index (χ0n) is 10.5. The van der Waals surface area contributed by atoms with E-state index in [0.29, 0.717) is 0 Å². The van der Waals surface area contributed by atoms with Crippen molar-refractivity contribution in [3.05, 3.63) is 51.8 Å². The molecule has 5 heteroatoms. The quantitative estimate of drug-likeness (QED) is 0.673. The highest BCUT2D eigenvalue weighted by Gasteiger charge is 2.16. The summed E-state index contributed by atoms with van der Waals surface area (Å²) in [6.45, 7) is 2.00. The minimum absolute atomic E-state index is 0.0670. The molecule has 2 rings (SSSR count). The van der Waals surface area contributed by atoms with E-state index in [-0.39, 0.29) is 6.04 Å². The van der Waals surface area contributed by atoms with E-state index in [1.807, 2.05) is 43.0 Å². The Hall–Kier alpha value is -1.17. The molecule has 0 amide bonds. The standard InChI is InChI=1S/C13H17BrN4/c1-9-11(8-18(2)17-9)13(16-15)7-10-5-3-4-6-12(10)14/h3-6,8,13,16H,7,15H2,1-2H3. The molecule has 0 bridgehead atoms. The average molecular weight is 309 g/mol. The number of hydrogen-bond donors (Lipinski definition) is 2. The van der Waals surface area contributed by atoms with Crippen LogP contribution in [-0.2, 0) is 13.5 Å². The Morgan fingerprint density at radius 3 is 2.72 bits per heavy atom. The maximum Gasteiger partial charge on any atom is 0.0642 e. The van der Waals surface area contributed by atoms with Crippen molar-refractivity contribution >= 4 is 15.9 Å². The largest absolute Gasteiger partial charge is 0.275 e. The first-order valence-electron chi connectivity index (χ1n) is 5.81. The van der Waals surface area contributed by atoms with Gasteiger partial charge in [0.25, 0.3) is 0 Å². The lowest BCUT2D eigenvalue weighted by molar-refractivity contribution is 0.548. The van der Waals surface area contributed by atoms with Crippen LogP contribution in [0.3, 0.4) is 0 Å². The minimum Gasteiger partial charge on any atom is -0.275 e. The Morgan fingerprint density at radius 2 is 2.17 bits per heavy atom. The second-order valence-corrected chi connectivity index (χ2v) is 5.21. The van der Waals surface area contributed by atoms with Gasteiger partial charge in [-0.25, -0.2) is 0 Å². The molecular formula is C13H17BrN4. The van der Waals surface area contributed by atoms with Crippen molar-refractivity contribution in [2.45, 2.75) is 19.4 Å². The van der Waals surface area contributed by atoms with Crippen molar-refractivity contribution in [3.8, 4) is 0 Å². The Kier molecular flexibility index (Phi) is 4.16. The molecule has 1 aromatic heterocycles. The highest BCUT2D eigenvalue weighted by molar-refractivity contribution is 9.10. The van der Waals surface area contributed by atoms with Gasteiger partial charge < -0.3 is 0 Å². The van der Waals surface area contributed by atoms with Crippen molar-refractivity contribution in [1.29, 1.82) is 0 Å². The molecule has 96 valence electrons. The van der Waals surface area contributed by atoms with Crippen molar-refractivity contribution in [3.63, 3.8) is 0 Å². The van der Waals surface area contributed by atoms with Crippen molar-refractivity contribution < 1.29 is 0 Å². The third-order valence-corrected chi connectivity index (χ3v) is 3.78. The Morgan fingerprint density at radius 1 is 1.44 bits per heavy atom. The molecule has 0 fully saturated rings. The van der Waals surface area contributed by atoms with Gasteiger partial charge in [0, 0.05) is 23.3 Å². The molecule has 2 aromatic rings. The van der Waals surface area contributed by atoms with Crippen LogP contribution in [0.25, 0.3) is 0 Å². The summed E-state index contributed by atoms with van der Waals surface area (Å²) in [5.74, 6) is 5.68. The van der Waals surface area contributed by atoms with Crippen LogP contribution in [0.15, 0.2) is 34.9 Å². The zero-order valence-corrected chi connectivity index (χ0v) is 12.1. The molecule has 0 aliphatic rings. The van der Waals surface area contributed by atoms with Gasteiger partial charge in [0.2, 0.25) is 0 Å². The molecule has 1 heterocycles. The average Bonchev–Trinajstić information content (AvgIpc) is 2.67. The lowest BCUT2D eigenvalue weighted by Gasteiger charge is -2.16. The van der Waals surface area contributed by atoms with Crippen molar-refractivity contribution in [1.82, 2.24) is 15.2 Å². The minimum atomic E-state index is 0.0670. The highest BCUT2D eigenvalue weighted by atomic mass is 79.9. The smallest absolute Gasteiger partial charge is 0.0642 e. The van der Waals surface area contributed by atoms with Crippen LogP contribution in [0.5, 0.6) is 0 Å². The molecular weight excluding hydrogens is 292 g/mol. The van der Waals surface area contributed by atoms with Crippen molar-refractivity contribution in [2.24, 2.45) is 12.9 Å². The monoisotopic (exact) mass is 308 g/mol. The SMILES string of the molecule is Cc1nn(C)cc1C(Cc1ccccc1Br)NN. The van der Waals surface area contributed by atoms with E-state index in [1.165, 1.54) is 5.56 Å². The number of halogens is 1.